The summed E-state index contributed by atoms with van der Waals surface area (Å²) in [5.74, 6) is 0.134. The molecule has 1 amide bonds. The lowest BCUT2D eigenvalue weighted by atomic mass is 10.1. The van der Waals surface area contributed by atoms with Crippen molar-refractivity contribution in [1.82, 2.24) is 4.90 Å². The standard InChI is InChI=1S/C13H16NO/c1-10-8-11(2)14(13(10)15)9-12-6-4-3-5-7-12/h3-7,10-11H,1,8-9H2,2H3. The molecule has 2 rings (SSSR count). The van der Waals surface area contributed by atoms with Crippen molar-refractivity contribution in [1.29, 1.82) is 0 Å². The molecule has 2 atom stereocenters. The number of nitrogens with zero attached hydrogens (tertiary/aromatic N) is 1. The van der Waals surface area contributed by atoms with Crippen LogP contribution in [0.5, 0.6) is 0 Å². The normalized spacial score (nSPS) is 26.0. The van der Waals surface area contributed by atoms with Crippen LogP contribution in [-0.4, -0.2) is 16.8 Å². The SMILES string of the molecule is [CH2]C1CC(C)N(Cc2ccccc2)C1=O. The lowest BCUT2D eigenvalue weighted by Crippen LogP contribution is -2.31. The summed E-state index contributed by atoms with van der Waals surface area (Å²) in [4.78, 5) is 13.7. The summed E-state index contributed by atoms with van der Waals surface area (Å²) in [6.07, 6.45) is 0.881. The highest BCUT2D eigenvalue weighted by Crippen LogP contribution is 2.25. The molecule has 79 valence electrons. The molecule has 0 aromatic heterocycles. The quantitative estimate of drug-likeness (QED) is 0.720. The average Bonchev–Trinajstić information content (AvgIpc) is 2.47. The topological polar surface area (TPSA) is 20.3 Å². The minimum absolute atomic E-state index is 0.0521. The van der Waals surface area contributed by atoms with Crippen LogP contribution < -0.4 is 0 Å². The second kappa shape index (κ2) is 4.05. The van der Waals surface area contributed by atoms with Crippen molar-refractivity contribution in [2.24, 2.45) is 5.92 Å². The third-order valence-corrected chi connectivity index (χ3v) is 2.99. The molecule has 0 N–H and O–H groups in total. The summed E-state index contributed by atoms with van der Waals surface area (Å²) in [7, 11) is 0. The molecule has 2 nitrogen and oxygen atoms in total. The van der Waals surface area contributed by atoms with E-state index in [1.54, 1.807) is 0 Å². The first-order valence-corrected chi connectivity index (χ1v) is 5.36. The molecular formula is C13H16NO. The van der Waals surface area contributed by atoms with E-state index in [9.17, 15) is 4.79 Å². The number of amides is 1. The molecule has 0 saturated carbocycles. The van der Waals surface area contributed by atoms with E-state index in [0.717, 1.165) is 6.42 Å². The second-order valence-electron chi connectivity index (χ2n) is 4.23. The molecule has 0 bridgehead atoms. The van der Waals surface area contributed by atoms with E-state index in [0.29, 0.717) is 12.6 Å². The number of hydrogen-bond donors (Lipinski definition) is 0. The maximum Gasteiger partial charge on any atom is 0.226 e. The number of benzene rings is 1. The Labute approximate surface area is 90.9 Å². The predicted octanol–water partition coefficient (Wildman–Crippen LogP) is 2.26. The minimum Gasteiger partial charge on any atom is -0.335 e. The lowest BCUT2D eigenvalue weighted by molar-refractivity contribution is -0.131. The molecule has 1 fully saturated rings. The van der Waals surface area contributed by atoms with Crippen molar-refractivity contribution in [3.8, 4) is 0 Å². The monoisotopic (exact) mass is 202 g/mol. The first-order valence-electron chi connectivity index (χ1n) is 5.36. The number of carbonyl (C=O) groups excluding carboxylic acids is 1. The van der Waals surface area contributed by atoms with Crippen LogP contribution in [0.25, 0.3) is 0 Å². The zero-order valence-electron chi connectivity index (χ0n) is 9.02. The van der Waals surface area contributed by atoms with E-state index >= 15 is 0 Å². The maximum atomic E-state index is 11.8. The summed E-state index contributed by atoms with van der Waals surface area (Å²) < 4.78 is 0. The van der Waals surface area contributed by atoms with E-state index in [1.165, 1.54) is 5.56 Å². The zero-order valence-corrected chi connectivity index (χ0v) is 9.02. The Morgan fingerprint density at radius 1 is 1.40 bits per heavy atom. The Morgan fingerprint density at radius 2 is 2.07 bits per heavy atom. The van der Waals surface area contributed by atoms with E-state index in [1.807, 2.05) is 23.1 Å². The molecule has 1 aromatic rings. The maximum absolute atomic E-state index is 11.8. The Hall–Kier alpha value is -1.31. The van der Waals surface area contributed by atoms with Crippen molar-refractivity contribution in [2.45, 2.75) is 25.9 Å². The van der Waals surface area contributed by atoms with Crippen LogP contribution in [0.4, 0.5) is 0 Å². The van der Waals surface area contributed by atoms with Crippen LogP contribution in [0.2, 0.25) is 0 Å². The van der Waals surface area contributed by atoms with Crippen LogP contribution in [0, 0.1) is 12.8 Å². The summed E-state index contributed by atoms with van der Waals surface area (Å²) in [5.41, 5.74) is 1.19. The van der Waals surface area contributed by atoms with Crippen LogP contribution >= 0.6 is 0 Å². The predicted molar refractivity (Wildman–Crippen MR) is 59.9 cm³/mol. The molecule has 1 radical (unpaired) electrons. The van der Waals surface area contributed by atoms with Gasteiger partial charge in [0.25, 0.3) is 0 Å². The number of likely N-dealkylation sites (tertiary alicyclic amines) is 1. The fourth-order valence-electron chi connectivity index (χ4n) is 2.11. The van der Waals surface area contributed by atoms with Gasteiger partial charge in [0.05, 0.1) is 0 Å². The van der Waals surface area contributed by atoms with Gasteiger partial charge in [-0.05, 0) is 25.8 Å². The van der Waals surface area contributed by atoms with Gasteiger partial charge in [0.2, 0.25) is 5.91 Å². The first-order chi connectivity index (χ1) is 7.18. The molecule has 1 aliphatic heterocycles. The van der Waals surface area contributed by atoms with Crippen molar-refractivity contribution in [2.75, 3.05) is 0 Å². The molecule has 1 heterocycles. The highest BCUT2D eigenvalue weighted by atomic mass is 16.2. The highest BCUT2D eigenvalue weighted by Gasteiger charge is 2.33. The van der Waals surface area contributed by atoms with Gasteiger partial charge in [-0.3, -0.25) is 4.79 Å². The smallest absolute Gasteiger partial charge is 0.226 e. The van der Waals surface area contributed by atoms with Crippen molar-refractivity contribution in [3.63, 3.8) is 0 Å². The number of rotatable bonds is 2. The van der Waals surface area contributed by atoms with Gasteiger partial charge in [-0.1, -0.05) is 30.3 Å². The first kappa shape index (κ1) is 10.2. The second-order valence-corrected chi connectivity index (χ2v) is 4.23. The van der Waals surface area contributed by atoms with Crippen molar-refractivity contribution < 1.29 is 4.79 Å². The van der Waals surface area contributed by atoms with Crippen LogP contribution in [0.1, 0.15) is 18.9 Å². The largest absolute Gasteiger partial charge is 0.335 e. The third kappa shape index (κ3) is 2.04. The van der Waals surface area contributed by atoms with Gasteiger partial charge in [0.15, 0.2) is 0 Å². The van der Waals surface area contributed by atoms with E-state index in [-0.39, 0.29) is 11.8 Å². The molecule has 2 heteroatoms. The molecular weight excluding hydrogens is 186 g/mol. The van der Waals surface area contributed by atoms with Gasteiger partial charge < -0.3 is 4.90 Å². The fourth-order valence-corrected chi connectivity index (χ4v) is 2.11. The summed E-state index contributed by atoms with van der Waals surface area (Å²) >= 11 is 0. The lowest BCUT2D eigenvalue weighted by Gasteiger charge is -2.21. The van der Waals surface area contributed by atoms with Gasteiger partial charge in [-0.2, -0.15) is 0 Å². The highest BCUT2D eigenvalue weighted by molar-refractivity contribution is 5.82. The van der Waals surface area contributed by atoms with E-state index in [4.69, 9.17) is 0 Å². The summed E-state index contributed by atoms with van der Waals surface area (Å²) in [5, 5.41) is 0. The van der Waals surface area contributed by atoms with Gasteiger partial charge in [0.1, 0.15) is 0 Å². The van der Waals surface area contributed by atoms with Crippen LogP contribution in [-0.2, 0) is 11.3 Å². The zero-order chi connectivity index (χ0) is 10.8. The Morgan fingerprint density at radius 3 is 2.60 bits per heavy atom. The van der Waals surface area contributed by atoms with E-state index < -0.39 is 0 Å². The van der Waals surface area contributed by atoms with Gasteiger partial charge in [-0.15, -0.1) is 0 Å². The van der Waals surface area contributed by atoms with Crippen molar-refractivity contribution in [3.05, 3.63) is 42.8 Å². The fraction of sp³-hybridized carbons (Fsp3) is 0.385. The Balaban J connectivity index is 2.09. The van der Waals surface area contributed by atoms with Gasteiger partial charge in [-0.25, -0.2) is 0 Å². The Bertz CT molecular complexity index is 347. The molecule has 1 aromatic carbocycles. The molecule has 0 aliphatic carbocycles. The molecule has 15 heavy (non-hydrogen) atoms. The summed E-state index contributed by atoms with van der Waals surface area (Å²) in [6, 6.07) is 10.4. The summed E-state index contributed by atoms with van der Waals surface area (Å²) in [6.45, 7) is 6.67. The molecule has 0 spiro atoms. The molecule has 1 saturated heterocycles. The van der Waals surface area contributed by atoms with E-state index in [2.05, 4.69) is 26.0 Å². The molecule has 1 aliphatic rings. The molecule has 2 unspecified atom stereocenters. The van der Waals surface area contributed by atoms with Gasteiger partial charge in [0, 0.05) is 18.5 Å². The van der Waals surface area contributed by atoms with Crippen molar-refractivity contribution >= 4 is 5.91 Å². The average molecular weight is 202 g/mol. The van der Waals surface area contributed by atoms with Crippen LogP contribution in [0.15, 0.2) is 30.3 Å². The number of carbonyl (C=O) groups is 1. The Kier molecular flexibility index (Phi) is 2.76. The number of hydrogen-bond acceptors (Lipinski definition) is 1. The van der Waals surface area contributed by atoms with Gasteiger partial charge >= 0.3 is 0 Å². The van der Waals surface area contributed by atoms with Crippen LogP contribution in [0.3, 0.4) is 0 Å². The third-order valence-electron chi connectivity index (χ3n) is 2.99. The minimum atomic E-state index is -0.0521.